The molecular formula is C18H26N2O2. The average molecular weight is 302 g/mol. The van der Waals surface area contributed by atoms with Gasteiger partial charge < -0.3 is 14.9 Å². The first-order valence-corrected chi connectivity index (χ1v) is 8.48. The minimum Gasteiger partial charge on any atom is -0.378 e. The number of carbonyl (C=O) groups excluding carboxylic acids is 1. The molecule has 2 heterocycles. The highest BCUT2D eigenvalue weighted by atomic mass is 16.3. The fraction of sp³-hybridized carbons (Fsp3) is 0.611. The van der Waals surface area contributed by atoms with Crippen LogP contribution in [0.2, 0.25) is 0 Å². The number of hydrogen-bond donors (Lipinski definition) is 1. The monoisotopic (exact) mass is 302 g/mol. The van der Waals surface area contributed by atoms with E-state index in [0.29, 0.717) is 11.5 Å². The second-order valence-corrected chi connectivity index (χ2v) is 6.61. The number of aliphatic hydroxyl groups excluding tert-OH is 1. The van der Waals surface area contributed by atoms with E-state index in [0.717, 1.165) is 26.1 Å². The predicted octanol–water partition coefficient (Wildman–Crippen LogP) is 2.05. The first-order chi connectivity index (χ1) is 10.7. The number of hydrogen-bond acceptors (Lipinski definition) is 3. The molecule has 4 heteroatoms. The van der Waals surface area contributed by atoms with Gasteiger partial charge in [-0.1, -0.05) is 36.8 Å². The van der Waals surface area contributed by atoms with E-state index in [2.05, 4.69) is 4.90 Å². The van der Waals surface area contributed by atoms with E-state index in [1.165, 1.54) is 32.4 Å². The van der Waals surface area contributed by atoms with Crippen molar-refractivity contribution in [2.24, 2.45) is 5.92 Å². The van der Waals surface area contributed by atoms with E-state index in [-0.39, 0.29) is 5.91 Å². The maximum atomic E-state index is 12.4. The number of piperidine rings is 1. The molecule has 4 nitrogen and oxygen atoms in total. The molecule has 3 rings (SSSR count). The van der Waals surface area contributed by atoms with Gasteiger partial charge in [0.1, 0.15) is 0 Å². The summed E-state index contributed by atoms with van der Waals surface area (Å²) in [6.07, 6.45) is 4.01. The number of benzene rings is 1. The molecular weight excluding hydrogens is 276 g/mol. The Morgan fingerprint density at radius 2 is 1.86 bits per heavy atom. The van der Waals surface area contributed by atoms with Crippen molar-refractivity contribution < 1.29 is 9.90 Å². The molecule has 0 bridgehead atoms. The summed E-state index contributed by atoms with van der Waals surface area (Å²) in [5, 5.41) is 10.3. The molecule has 0 aliphatic carbocycles. The first kappa shape index (κ1) is 15.5. The zero-order valence-electron chi connectivity index (χ0n) is 13.2. The van der Waals surface area contributed by atoms with Crippen LogP contribution in [0.5, 0.6) is 0 Å². The van der Waals surface area contributed by atoms with Crippen LogP contribution in [0.1, 0.15) is 37.4 Å². The second-order valence-electron chi connectivity index (χ2n) is 6.61. The van der Waals surface area contributed by atoms with Crippen LogP contribution in [0, 0.1) is 5.92 Å². The number of amides is 1. The Morgan fingerprint density at radius 3 is 2.59 bits per heavy atom. The molecule has 22 heavy (non-hydrogen) atoms. The number of nitrogens with zero attached hydrogens (tertiary/aromatic N) is 2. The number of carbonyl (C=O) groups is 1. The van der Waals surface area contributed by atoms with Gasteiger partial charge in [-0.3, -0.25) is 4.79 Å². The van der Waals surface area contributed by atoms with Crippen LogP contribution in [-0.4, -0.2) is 53.5 Å². The molecule has 0 radical (unpaired) electrons. The van der Waals surface area contributed by atoms with E-state index in [1.807, 2.05) is 35.2 Å². The molecule has 1 amide bonds. The largest absolute Gasteiger partial charge is 0.378 e. The molecule has 1 aromatic carbocycles. The zero-order chi connectivity index (χ0) is 15.4. The number of aliphatic hydroxyl groups is 1. The molecule has 120 valence electrons. The van der Waals surface area contributed by atoms with Crippen LogP contribution in [0.25, 0.3) is 0 Å². The Labute approximate surface area is 132 Å². The van der Waals surface area contributed by atoms with Crippen molar-refractivity contribution in [3.05, 3.63) is 35.9 Å². The van der Waals surface area contributed by atoms with E-state index >= 15 is 0 Å². The van der Waals surface area contributed by atoms with Gasteiger partial charge in [-0.05, 0) is 43.8 Å². The number of likely N-dealkylation sites (tertiary alicyclic amines) is 2. The molecule has 2 unspecified atom stereocenters. The van der Waals surface area contributed by atoms with E-state index in [1.54, 1.807) is 0 Å². The number of rotatable bonds is 4. The minimum atomic E-state index is -1.02. The van der Waals surface area contributed by atoms with Gasteiger partial charge in [-0.2, -0.15) is 0 Å². The van der Waals surface area contributed by atoms with Gasteiger partial charge in [0.05, 0.1) is 0 Å². The van der Waals surface area contributed by atoms with Crippen LogP contribution in [0.3, 0.4) is 0 Å². The van der Waals surface area contributed by atoms with Gasteiger partial charge in [0.2, 0.25) is 0 Å². The summed E-state index contributed by atoms with van der Waals surface area (Å²) >= 11 is 0. The standard InChI is InChI=1S/C18H26N2O2/c21-17(16-7-3-1-4-8-16)18(22)20-12-9-15(14-20)13-19-10-5-2-6-11-19/h1,3-4,7-8,15,17,21H,2,5-6,9-14H2. The Balaban J connectivity index is 1.52. The zero-order valence-corrected chi connectivity index (χ0v) is 13.2. The Bertz CT molecular complexity index is 485. The lowest BCUT2D eigenvalue weighted by molar-refractivity contribution is -0.139. The maximum Gasteiger partial charge on any atom is 0.256 e. The van der Waals surface area contributed by atoms with Gasteiger partial charge in [-0.25, -0.2) is 0 Å². The predicted molar refractivity (Wildman–Crippen MR) is 86.4 cm³/mol. The summed E-state index contributed by atoms with van der Waals surface area (Å²) < 4.78 is 0. The molecule has 2 fully saturated rings. The molecule has 1 N–H and O–H groups in total. The Morgan fingerprint density at radius 1 is 1.14 bits per heavy atom. The molecule has 2 aliphatic heterocycles. The van der Waals surface area contributed by atoms with Crippen LogP contribution in [-0.2, 0) is 4.79 Å². The normalized spacial score (nSPS) is 24.4. The second kappa shape index (κ2) is 7.25. The third-order valence-electron chi connectivity index (χ3n) is 4.91. The molecule has 2 atom stereocenters. The van der Waals surface area contributed by atoms with E-state index in [9.17, 15) is 9.90 Å². The summed E-state index contributed by atoms with van der Waals surface area (Å²) in [6, 6.07) is 9.23. The lowest BCUT2D eigenvalue weighted by Crippen LogP contribution is -2.37. The highest BCUT2D eigenvalue weighted by Gasteiger charge is 2.31. The lowest BCUT2D eigenvalue weighted by atomic mass is 10.1. The van der Waals surface area contributed by atoms with Gasteiger partial charge in [0, 0.05) is 19.6 Å². The van der Waals surface area contributed by atoms with Gasteiger partial charge in [-0.15, -0.1) is 0 Å². The smallest absolute Gasteiger partial charge is 0.256 e. The highest BCUT2D eigenvalue weighted by Crippen LogP contribution is 2.23. The van der Waals surface area contributed by atoms with Gasteiger partial charge in [0.15, 0.2) is 6.10 Å². The summed E-state index contributed by atoms with van der Waals surface area (Å²) in [6.45, 7) is 5.08. The van der Waals surface area contributed by atoms with Gasteiger partial charge >= 0.3 is 0 Å². The van der Waals surface area contributed by atoms with Crippen molar-refractivity contribution in [2.45, 2.75) is 31.8 Å². The quantitative estimate of drug-likeness (QED) is 0.926. The fourth-order valence-electron chi connectivity index (χ4n) is 3.64. The summed E-state index contributed by atoms with van der Waals surface area (Å²) in [4.78, 5) is 16.8. The van der Waals surface area contributed by atoms with Crippen molar-refractivity contribution in [1.82, 2.24) is 9.80 Å². The van der Waals surface area contributed by atoms with Crippen LogP contribution in [0.4, 0.5) is 0 Å². The average Bonchev–Trinajstić information content (AvgIpc) is 3.04. The minimum absolute atomic E-state index is 0.146. The molecule has 0 saturated carbocycles. The van der Waals surface area contributed by atoms with E-state index in [4.69, 9.17) is 0 Å². The van der Waals surface area contributed by atoms with Crippen molar-refractivity contribution in [1.29, 1.82) is 0 Å². The maximum absolute atomic E-state index is 12.4. The Hall–Kier alpha value is -1.39. The summed E-state index contributed by atoms with van der Waals surface area (Å²) in [7, 11) is 0. The molecule has 0 aromatic heterocycles. The van der Waals surface area contributed by atoms with Crippen molar-refractivity contribution >= 4 is 5.91 Å². The van der Waals surface area contributed by atoms with Crippen LogP contribution >= 0.6 is 0 Å². The van der Waals surface area contributed by atoms with Crippen LogP contribution in [0.15, 0.2) is 30.3 Å². The molecule has 1 aromatic rings. The third-order valence-corrected chi connectivity index (χ3v) is 4.91. The molecule has 0 spiro atoms. The summed E-state index contributed by atoms with van der Waals surface area (Å²) in [5.74, 6) is 0.414. The molecule has 2 aliphatic rings. The van der Waals surface area contributed by atoms with Crippen molar-refractivity contribution in [3.8, 4) is 0 Å². The lowest BCUT2D eigenvalue weighted by Gasteiger charge is -2.29. The Kier molecular flexibility index (Phi) is 5.11. The first-order valence-electron chi connectivity index (χ1n) is 8.48. The van der Waals surface area contributed by atoms with Crippen molar-refractivity contribution in [3.63, 3.8) is 0 Å². The van der Waals surface area contributed by atoms with Gasteiger partial charge in [0.25, 0.3) is 5.91 Å². The highest BCUT2D eigenvalue weighted by molar-refractivity contribution is 5.82. The SMILES string of the molecule is O=C(C(O)c1ccccc1)N1CCC(CN2CCCCC2)C1. The van der Waals surface area contributed by atoms with Crippen molar-refractivity contribution in [2.75, 3.05) is 32.7 Å². The topological polar surface area (TPSA) is 43.8 Å². The fourth-order valence-corrected chi connectivity index (χ4v) is 3.64. The van der Waals surface area contributed by atoms with Crippen LogP contribution < -0.4 is 0 Å². The summed E-state index contributed by atoms with van der Waals surface area (Å²) in [5.41, 5.74) is 0.687. The molecule has 2 saturated heterocycles. The third kappa shape index (κ3) is 3.68. The van der Waals surface area contributed by atoms with E-state index < -0.39 is 6.10 Å².